The first-order valence-electron chi connectivity index (χ1n) is 9.69. The lowest BCUT2D eigenvalue weighted by molar-refractivity contribution is -0.202. The first kappa shape index (κ1) is 20.2. The summed E-state index contributed by atoms with van der Waals surface area (Å²) in [6.45, 7) is 2.26. The Morgan fingerprint density at radius 1 is 1.37 bits per heavy atom. The zero-order valence-corrected chi connectivity index (χ0v) is 16.6. The maximum Gasteiger partial charge on any atom is 0.310 e. The maximum absolute atomic E-state index is 13.3. The number of hydrogen-bond acceptors (Lipinski definition) is 7. The Hall–Kier alpha value is -3.07. The molecule has 158 valence electrons. The third-order valence-corrected chi connectivity index (χ3v) is 5.72. The Labute approximate surface area is 172 Å². The minimum Gasteiger partial charge on any atom is -0.428 e. The molecule has 0 bridgehead atoms. The highest BCUT2D eigenvalue weighted by atomic mass is 19.1. The summed E-state index contributed by atoms with van der Waals surface area (Å²) >= 11 is 0. The third kappa shape index (κ3) is 3.19. The molecule has 2 N–H and O–H groups in total. The Morgan fingerprint density at radius 3 is 2.87 bits per heavy atom. The summed E-state index contributed by atoms with van der Waals surface area (Å²) < 4.78 is 17.9. The Morgan fingerprint density at radius 2 is 2.13 bits per heavy atom. The number of carbonyl (C=O) groups is 2. The highest BCUT2D eigenvalue weighted by Crippen LogP contribution is 2.36. The Bertz CT molecular complexity index is 1040. The molecule has 2 aliphatic rings. The molecule has 1 aromatic heterocycles. The van der Waals surface area contributed by atoms with Crippen LogP contribution in [0.3, 0.4) is 0 Å². The van der Waals surface area contributed by atoms with Gasteiger partial charge in [0.25, 0.3) is 11.7 Å². The molecule has 0 unspecified atom stereocenters. The number of ether oxygens (including phenoxy) is 1. The van der Waals surface area contributed by atoms with Crippen LogP contribution in [0.15, 0.2) is 41.7 Å². The number of cyclic esters (lactones) is 1. The lowest BCUT2D eigenvalue weighted by Crippen LogP contribution is -2.58. The van der Waals surface area contributed by atoms with Crippen molar-refractivity contribution in [2.75, 3.05) is 6.67 Å². The Balaban J connectivity index is 1.61. The second kappa shape index (κ2) is 7.32. The smallest absolute Gasteiger partial charge is 0.310 e. The fourth-order valence-corrected chi connectivity index (χ4v) is 3.82. The number of alkyl halides is 1. The van der Waals surface area contributed by atoms with Crippen LogP contribution in [0.5, 0.6) is 0 Å². The zero-order valence-electron chi connectivity index (χ0n) is 16.6. The normalized spacial score (nSPS) is 28.4. The molecule has 3 atom stereocenters. The van der Waals surface area contributed by atoms with Crippen LogP contribution in [-0.4, -0.2) is 51.8 Å². The van der Waals surface area contributed by atoms with E-state index in [9.17, 15) is 19.1 Å². The molecule has 4 rings (SSSR count). The standard InChI is InChI=1S/C21H22FN3O5/c1-12(2)20(19(27)24-16-9-17(26)29-21(16,28)11-22)10-15(25-30-20)18-14-6-4-3-5-13(14)7-8-23-18/h3-8,12,16,28H,9-11H2,1-2H3,(H,24,27)/t16-,20+,21-/m0/s1. The minimum atomic E-state index is -2.38. The van der Waals surface area contributed by atoms with Crippen LogP contribution in [0.25, 0.3) is 10.8 Å². The molecule has 1 aromatic carbocycles. The van der Waals surface area contributed by atoms with E-state index in [0.29, 0.717) is 11.4 Å². The number of pyridine rings is 1. The van der Waals surface area contributed by atoms with Crippen molar-refractivity contribution in [1.29, 1.82) is 0 Å². The van der Waals surface area contributed by atoms with Gasteiger partial charge in [0, 0.05) is 23.9 Å². The van der Waals surface area contributed by atoms with E-state index in [1.165, 1.54) is 0 Å². The van der Waals surface area contributed by atoms with Gasteiger partial charge in [-0.2, -0.15) is 0 Å². The van der Waals surface area contributed by atoms with Gasteiger partial charge in [-0.05, 0) is 11.5 Å². The van der Waals surface area contributed by atoms with Crippen LogP contribution >= 0.6 is 0 Å². The largest absolute Gasteiger partial charge is 0.428 e. The van der Waals surface area contributed by atoms with Gasteiger partial charge in [-0.25, -0.2) is 4.39 Å². The lowest BCUT2D eigenvalue weighted by Gasteiger charge is -2.32. The van der Waals surface area contributed by atoms with E-state index in [2.05, 4.69) is 20.2 Å². The summed E-state index contributed by atoms with van der Waals surface area (Å²) in [6.07, 6.45) is 1.46. The quantitative estimate of drug-likeness (QED) is 0.721. The average Bonchev–Trinajstić information content (AvgIpc) is 3.30. The summed E-state index contributed by atoms with van der Waals surface area (Å²) in [5.41, 5.74) is -0.269. The van der Waals surface area contributed by atoms with Crippen LogP contribution in [0.1, 0.15) is 32.4 Å². The van der Waals surface area contributed by atoms with Crippen molar-refractivity contribution >= 4 is 28.4 Å². The lowest BCUT2D eigenvalue weighted by atomic mass is 9.83. The van der Waals surface area contributed by atoms with E-state index in [4.69, 9.17) is 4.84 Å². The molecule has 1 amide bonds. The van der Waals surface area contributed by atoms with Gasteiger partial charge >= 0.3 is 5.97 Å². The van der Waals surface area contributed by atoms with Crippen molar-refractivity contribution in [2.24, 2.45) is 11.1 Å². The highest BCUT2D eigenvalue weighted by molar-refractivity contribution is 6.11. The van der Waals surface area contributed by atoms with Crippen molar-refractivity contribution in [3.05, 3.63) is 42.2 Å². The van der Waals surface area contributed by atoms with E-state index in [0.717, 1.165) is 10.8 Å². The topological polar surface area (TPSA) is 110 Å². The summed E-state index contributed by atoms with van der Waals surface area (Å²) in [6, 6.07) is 8.34. The fourth-order valence-electron chi connectivity index (χ4n) is 3.82. The molecule has 0 saturated carbocycles. The number of esters is 1. The van der Waals surface area contributed by atoms with Gasteiger partial charge in [-0.1, -0.05) is 43.3 Å². The summed E-state index contributed by atoms with van der Waals surface area (Å²) in [4.78, 5) is 34.8. The minimum absolute atomic E-state index is 0.132. The number of aromatic nitrogens is 1. The Kier molecular flexibility index (Phi) is 4.93. The number of carbonyl (C=O) groups excluding carboxylic acids is 2. The van der Waals surface area contributed by atoms with E-state index in [-0.39, 0.29) is 18.8 Å². The fraction of sp³-hybridized carbons (Fsp3) is 0.429. The number of nitrogens with zero attached hydrogens (tertiary/aromatic N) is 2. The molecule has 1 saturated heterocycles. The molecule has 2 aromatic rings. The van der Waals surface area contributed by atoms with Crippen molar-refractivity contribution in [3.63, 3.8) is 0 Å². The average molecular weight is 415 g/mol. The van der Waals surface area contributed by atoms with Crippen molar-refractivity contribution in [1.82, 2.24) is 10.3 Å². The van der Waals surface area contributed by atoms with Crippen LogP contribution in [0.2, 0.25) is 0 Å². The summed E-state index contributed by atoms with van der Waals surface area (Å²) in [5.74, 6) is -4.09. The highest BCUT2D eigenvalue weighted by Gasteiger charge is 2.55. The van der Waals surface area contributed by atoms with Gasteiger partial charge in [0.05, 0.1) is 12.1 Å². The molecule has 3 heterocycles. The third-order valence-electron chi connectivity index (χ3n) is 5.72. The van der Waals surface area contributed by atoms with Gasteiger partial charge in [-0.15, -0.1) is 0 Å². The number of fused-ring (bicyclic) bond motifs is 1. The maximum atomic E-state index is 13.3. The number of halogens is 1. The number of rotatable bonds is 5. The first-order chi connectivity index (χ1) is 14.3. The first-order valence-corrected chi connectivity index (χ1v) is 9.69. The van der Waals surface area contributed by atoms with Crippen molar-refractivity contribution in [3.8, 4) is 0 Å². The van der Waals surface area contributed by atoms with Gasteiger partial charge in [-0.3, -0.25) is 14.6 Å². The molecule has 30 heavy (non-hydrogen) atoms. The van der Waals surface area contributed by atoms with Crippen LogP contribution in [0, 0.1) is 5.92 Å². The van der Waals surface area contributed by atoms with Gasteiger partial charge in [0.1, 0.15) is 11.8 Å². The van der Waals surface area contributed by atoms with Gasteiger partial charge in [0.2, 0.25) is 5.60 Å². The molecule has 8 nitrogen and oxygen atoms in total. The SMILES string of the molecule is CC(C)[C@@]1(C(=O)N[C@H]2CC(=O)O[C@@]2(O)CF)CC(c2nccc3ccccc23)=NO1. The molecule has 0 aliphatic carbocycles. The van der Waals surface area contributed by atoms with E-state index in [1.54, 1.807) is 20.0 Å². The number of nitrogens with one attached hydrogen (secondary N) is 1. The summed E-state index contributed by atoms with van der Waals surface area (Å²) in [5, 5.41) is 18.7. The molecule has 2 aliphatic heterocycles. The number of hydrogen-bond donors (Lipinski definition) is 2. The molecular formula is C21H22FN3O5. The number of amides is 1. The van der Waals surface area contributed by atoms with Crippen LogP contribution in [-0.2, 0) is 19.2 Å². The summed E-state index contributed by atoms with van der Waals surface area (Å²) in [7, 11) is 0. The van der Waals surface area contributed by atoms with Crippen molar-refractivity contribution < 1.29 is 28.7 Å². The predicted molar refractivity (Wildman–Crippen MR) is 105 cm³/mol. The zero-order chi connectivity index (χ0) is 21.5. The molecule has 9 heteroatoms. The number of aliphatic hydroxyl groups is 1. The van der Waals surface area contributed by atoms with Crippen molar-refractivity contribution in [2.45, 2.75) is 44.1 Å². The molecule has 0 radical (unpaired) electrons. The second-order valence-electron chi connectivity index (χ2n) is 7.91. The number of benzene rings is 1. The van der Waals surface area contributed by atoms with E-state index >= 15 is 0 Å². The van der Waals surface area contributed by atoms with Crippen LogP contribution in [0.4, 0.5) is 4.39 Å². The van der Waals surface area contributed by atoms with E-state index in [1.807, 2.05) is 30.3 Å². The van der Waals surface area contributed by atoms with E-state index < -0.39 is 36.0 Å². The van der Waals surface area contributed by atoms with Crippen LogP contribution < -0.4 is 5.32 Å². The second-order valence-corrected chi connectivity index (χ2v) is 7.91. The number of oxime groups is 1. The predicted octanol–water partition coefficient (Wildman–Crippen LogP) is 1.84. The van der Waals surface area contributed by atoms with Gasteiger partial charge in [0.15, 0.2) is 6.67 Å². The molecule has 0 spiro atoms. The molecule has 1 fully saturated rings. The monoisotopic (exact) mass is 415 g/mol. The molecular weight excluding hydrogens is 393 g/mol. The van der Waals surface area contributed by atoms with Gasteiger partial charge < -0.3 is 20.0 Å².